The van der Waals surface area contributed by atoms with Gasteiger partial charge in [0.15, 0.2) is 20.0 Å². The number of alkyl halides is 6. The van der Waals surface area contributed by atoms with E-state index in [2.05, 4.69) is 46.9 Å². The highest BCUT2D eigenvalue weighted by molar-refractivity contribution is 8.13. The van der Waals surface area contributed by atoms with Gasteiger partial charge in [-0.1, -0.05) is 30.3 Å². The fourth-order valence-electron chi connectivity index (χ4n) is 1.81. The van der Waals surface area contributed by atoms with Crippen LogP contribution in [0.1, 0.15) is 11.4 Å². The summed E-state index contributed by atoms with van der Waals surface area (Å²) < 4.78 is 111. The first-order valence-corrected chi connectivity index (χ1v) is 10.4. The zero-order valence-corrected chi connectivity index (χ0v) is 16.2. The topological polar surface area (TPSA) is 102 Å². The number of nitrogens with zero attached hydrogens (tertiary/aromatic N) is 2. The fraction of sp³-hybridized carbons (Fsp3) is 0.357. The normalized spacial score (nSPS) is 12.9. The monoisotopic (exact) mass is 467 g/mol. The molecule has 0 bridgehead atoms. The molecule has 1 aromatic heterocycles. The van der Waals surface area contributed by atoms with Gasteiger partial charge in [0.2, 0.25) is 0 Å². The Morgan fingerprint density at radius 1 is 0.897 bits per heavy atom. The molecule has 0 unspecified atom stereocenters. The molecule has 15 heteroatoms. The first-order chi connectivity index (χ1) is 13.1. The predicted molar refractivity (Wildman–Crippen MR) is 89.1 cm³/mol. The molecular formula is C14H15F6N3O4S2. The average Bonchev–Trinajstić information content (AvgIpc) is 2.96. The zero-order valence-electron chi connectivity index (χ0n) is 14.6. The van der Waals surface area contributed by atoms with Crippen molar-refractivity contribution in [3.05, 3.63) is 58.2 Å². The quantitative estimate of drug-likeness (QED) is 0.540. The van der Waals surface area contributed by atoms with E-state index in [-0.39, 0.29) is 0 Å². The van der Waals surface area contributed by atoms with Crippen molar-refractivity contribution in [1.29, 1.82) is 0 Å². The third kappa shape index (κ3) is 7.32. The Bertz CT molecular complexity index is 958. The van der Waals surface area contributed by atoms with Crippen LogP contribution >= 0.6 is 0 Å². The minimum Gasteiger partial charge on any atom is -0.421 e. The lowest BCUT2D eigenvalue weighted by Crippen LogP contribution is -2.30. The SMILES string of the molecule is C[n+]1cc[nH]c1CCc1ccccc1.O=S(=O)([N-]S(=O)(=O)C(F)(F)F)C(F)(F)F. The largest absolute Gasteiger partial charge is 0.480 e. The van der Waals surface area contributed by atoms with Crippen LogP contribution in [0.5, 0.6) is 0 Å². The van der Waals surface area contributed by atoms with Gasteiger partial charge in [-0.25, -0.2) is 26.4 Å². The van der Waals surface area contributed by atoms with Crippen LogP contribution in [0.25, 0.3) is 4.13 Å². The summed E-state index contributed by atoms with van der Waals surface area (Å²) in [6, 6.07) is 10.6. The van der Waals surface area contributed by atoms with Gasteiger partial charge in [-0.15, -0.1) is 0 Å². The average molecular weight is 467 g/mol. The van der Waals surface area contributed by atoms with E-state index in [0.717, 1.165) is 17.0 Å². The number of rotatable bonds is 5. The second-order valence-electron chi connectivity index (χ2n) is 5.42. The summed E-state index contributed by atoms with van der Waals surface area (Å²) in [7, 11) is -11.4. The van der Waals surface area contributed by atoms with Gasteiger partial charge in [0.25, 0.3) is 5.82 Å². The first-order valence-electron chi connectivity index (χ1n) is 7.49. The number of halogens is 6. The first kappa shape index (κ1) is 24.9. The van der Waals surface area contributed by atoms with Crippen LogP contribution in [0, 0.1) is 0 Å². The number of aryl methyl sites for hydroxylation is 3. The number of H-pyrrole nitrogens is 1. The minimum absolute atomic E-state index is 0.778. The molecule has 0 amide bonds. The third-order valence-electron chi connectivity index (χ3n) is 3.25. The summed E-state index contributed by atoms with van der Waals surface area (Å²) in [5.74, 6) is 1.27. The number of sulfonamides is 2. The number of nitrogens with one attached hydrogen (secondary N) is 1. The minimum atomic E-state index is -6.72. The highest BCUT2D eigenvalue weighted by atomic mass is 32.3. The van der Waals surface area contributed by atoms with Gasteiger partial charge in [0.05, 0.1) is 13.5 Å². The van der Waals surface area contributed by atoms with Crippen molar-refractivity contribution >= 4 is 20.0 Å². The maximum atomic E-state index is 11.4. The van der Waals surface area contributed by atoms with Gasteiger partial charge in [0, 0.05) is 0 Å². The molecule has 2 aromatic rings. The summed E-state index contributed by atoms with van der Waals surface area (Å²) >= 11 is 0. The maximum Gasteiger partial charge on any atom is 0.480 e. The lowest BCUT2D eigenvalue weighted by molar-refractivity contribution is -0.677. The summed E-state index contributed by atoms with van der Waals surface area (Å²) in [6.07, 6.45) is 6.17. The van der Waals surface area contributed by atoms with Crippen LogP contribution in [0.3, 0.4) is 0 Å². The van der Waals surface area contributed by atoms with Crippen LogP contribution < -0.4 is 4.57 Å². The van der Waals surface area contributed by atoms with E-state index in [4.69, 9.17) is 0 Å². The van der Waals surface area contributed by atoms with Gasteiger partial charge >= 0.3 is 11.0 Å². The van der Waals surface area contributed by atoms with E-state index in [0.29, 0.717) is 0 Å². The molecule has 0 saturated carbocycles. The van der Waals surface area contributed by atoms with Gasteiger partial charge in [0.1, 0.15) is 12.4 Å². The lowest BCUT2D eigenvalue weighted by Gasteiger charge is -2.22. The van der Waals surface area contributed by atoms with E-state index in [1.54, 1.807) is 0 Å². The molecule has 1 N–H and O–H groups in total. The van der Waals surface area contributed by atoms with Crippen LogP contribution in [-0.4, -0.2) is 32.8 Å². The van der Waals surface area contributed by atoms with E-state index < -0.39 is 31.1 Å². The van der Waals surface area contributed by atoms with Crippen molar-refractivity contribution in [3.63, 3.8) is 0 Å². The number of hydrogen-bond donors (Lipinski definition) is 1. The summed E-state index contributed by atoms with van der Waals surface area (Å²) in [5, 5.41) is 0. The molecule has 2 rings (SSSR count). The standard InChI is InChI=1S/C12H14N2.C2F6NO4S2/c1-14-10-9-13-12(14)8-7-11-5-3-2-4-6-11;3-1(4,5)14(10,11)9-15(12,13)2(6,7)8/h2-6,9-10H,7-8H2,1H3;/q;-1/p+1. The van der Waals surface area contributed by atoms with Crippen molar-refractivity contribution in [3.8, 4) is 0 Å². The second-order valence-corrected chi connectivity index (χ2v) is 8.84. The number of aromatic amines is 1. The molecular weight excluding hydrogens is 452 g/mol. The van der Waals surface area contributed by atoms with Gasteiger partial charge in [-0.3, -0.25) is 0 Å². The van der Waals surface area contributed by atoms with E-state index in [1.807, 2.05) is 12.4 Å². The van der Waals surface area contributed by atoms with Crippen molar-refractivity contribution in [1.82, 2.24) is 4.98 Å². The Morgan fingerprint density at radius 3 is 1.76 bits per heavy atom. The molecule has 0 aliphatic carbocycles. The molecule has 0 fully saturated rings. The van der Waals surface area contributed by atoms with Crippen molar-refractivity contribution < 1.29 is 47.7 Å². The molecule has 0 spiro atoms. The zero-order chi connectivity index (χ0) is 22.5. The van der Waals surface area contributed by atoms with E-state index >= 15 is 0 Å². The molecule has 1 heterocycles. The molecule has 1 aromatic carbocycles. The van der Waals surface area contributed by atoms with Gasteiger partial charge < -0.3 is 4.13 Å². The molecule has 29 heavy (non-hydrogen) atoms. The molecule has 7 nitrogen and oxygen atoms in total. The fourth-order valence-corrected chi connectivity index (χ4v) is 3.52. The Morgan fingerprint density at radius 2 is 1.38 bits per heavy atom. The number of aromatic nitrogens is 2. The summed E-state index contributed by atoms with van der Waals surface area (Å²) in [4.78, 5) is 3.24. The highest BCUT2D eigenvalue weighted by Gasteiger charge is 2.46. The molecule has 0 atom stereocenters. The van der Waals surface area contributed by atoms with Crippen LogP contribution in [0.4, 0.5) is 26.3 Å². The second kappa shape index (κ2) is 9.13. The number of imidazole rings is 1. The summed E-state index contributed by atoms with van der Waals surface area (Å²) in [5.41, 5.74) is -11.0. The number of hydrogen-bond acceptors (Lipinski definition) is 4. The summed E-state index contributed by atoms with van der Waals surface area (Å²) in [6.45, 7) is 0. The molecule has 0 aliphatic heterocycles. The molecule has 0 radical (unpaired) electrons. The number of benzene rings is 1. The Labute approximate surface area is 162 Å². The van der Waals surface area contributed by atoms with Gasteiger partial charge in [-0.05, 0) is 12.0 Å². The van der Waals surface area contributed by atoms with Crippen molar-refractivity contribution in [2.75, 3.05) is 0 Å². The third-order valence-corrected chi connectivity index (χ3v) is 5.99. The Kier molecular flexibility index (Phi) is 7.84. The smallest absolute Gasteiger partial charge is 0.421 e. The van der Waals surface area contributed by atoms with E-state index in [9.17, 15) is 43.2 Å². The molecule has 0 aliphatic rings. The van der Waals surface area contributed by atoms with Crippen LogP contribution in [0.2, 0.25) is 0 Å². The van der Waals surface area contributed by atoms with Crippen molar-refractivity contribution in [2.24, 2.45) is 7.05 Å². The lowest BCUT2D eigenvalue weighted by atomic mass is 10.1. The Hall–Kier alpha value is -2.13. The maximum absolute atomic E-state index is 11.4. The van der Waals surface area contributed by atoms with Crippen LogP contribution in [-0.2, 0) is 39.9 Å². The van der Waals surface area contributed by atoms with E-state index in [1.165, 1.54) is 11.4 Å². The van der Waals surface area contributed by atoms with Crippen LogP contribution in [0.15, 0.2) is 42.7 Å². The Balaban J connectivity index is 0.000000290. The molecule has 164 valence electrons. The van der Waals surface area contributed by atoms with Crippen molar-refractivity contribution in [2.45, 2.75) is 23.9 Å². The highest BCUT2D eigenvalue weighted by Crippen LogP contribution is 2.36. The molecule has 0 saturated heterocycles. The predicted octanol–water partition coefficient (Wildman–Crippen LogP) is 2.68. The van der Waals surface area contributed by atoms with Gasteiger partial charge in [-0.2, -0.15) is 26.3 Å².